The summed E-state index contributed by atoms with van der Waals surface area (Å²) in [6, 6.07) is 0.896. The highest BCUT2D eigenvalue weighted by atomic mass is 16.4. The summed E-state index contributed by atoms with van der Waals surface area (Å²) >= 11 is 0. The van der Waals surface area contributed by atoms with Crippen molar-refractivity contribution in [3.63, 3.8) is 0 Å². The molecule has 4 atom stereocenters. The van der Waals surface area contributed by atoms with Gasteiger partial charge in [0.05, 0.1) is 5.92 Å². The topological polar surface area (TPSA) is 40.5 Å². The van der Waals surface area contributed by atoms with Gasteiger partial charge in [0.2, 0.25) is 0 Å². The van der Waals surface area contributed by atoms with Crippen LogP contribution in [0.1, 0.15) is 46.0 Å². The van der Waals surface area contributed by atoms with Crippen molar-refractivity contribution in [2.75, 3.05) is 6.54 Å². The number of nitrogens with zero attached hydrogens (tertiary/aromatic N) is 1. The quantitative estimate of drug-likeness (QED) is 0.781. The minimum atomic E-state index is -0.583. The highest BCUT2D eigenvalue weighted by Crippen LogP contribution is 2.42. The Morgan fingerprint density at radius 3 is 2.81 bits per heavy atom. The van der Waals surface area contributed by atoms with Crippen molar-refractivity contribution in [3.8, 4) is 0 Å². The molecule has 2 heterocycles. The molecule has 0 spiro atoms. The fraction of sp³-hybridized carbons (Fsp3) is 0.923. The van der Waals surface area contributed by atoms with Gasteiger partial charge in [0.1, 0.15) is 0 Å². The Morgan fingerprint density at radius 1 is 1.50 bits per heavy atom. The van der Waals surface area contributed by atoms with Crippen molar-refractivity contribution in [1.29, 1.82) is 0 Å². The molecule has 0 aromatic heterocycles. The summed E-state index contributed by atoms with van der Waals surface area (Å²) < 4.78 is 0. The molecule has 1 N–H and O–H groups in total. The molecule has 0 aromatic carbocycles. The Labute approximate surface area is 97.8 Å². The zero-order chi connectivity index (χ0) is 11.7. The van der Waals surface area contributed by atoms with Crippen LogP contribution in [-0.4, -0.2) is 34.6 Å². The summed E-state index contributed by atoms with van der Waals surface area (Å²) in [5.74, 6) is 0.0357. The van der Waals surface area contributed by atoms with E-state index >= 15 is 0 Å². The number of carboxylic acid groups (broad SMARTS) is 1. The van der Waals surface area contributed by atoms with Crippen LogP contribution >= 0.6 is 0 Å². The first-order valence-electron chi connectivity index (χ1n) is 6.62. The molecule has 0 radical (unpaired) electrons. The molecular formula is C13H23NO2. The number of hydrogen-bond donors (Lipinski definition) is 1. The first kappa shape index (κ1) is 11.9. The monoisotopic (exact) mass is 225 g/mol. The lowest BCUT2D eigenvalue weighted by molar-refractivity contribution is -0.142. The largest absolute Gasteiger partial charge is 0.481 e. The van der Waals surface area contributed by atoms with E-state index < -0.39 is 5.97 Å². The Bertz CT molecular complexity index is 267. The average molecular weight is 225 g/mol. The highest BCUT2D eigenvalue weighted by Gasteiger charge is 2.49. The van der Waals surface area contributed by atoms with Crippen LogP contribution in [0, 0.1) is 11.8 Å². The van der Waals surface area contributed by atoms with E-state index in [4.69, 9.17) is 5.11 Å². The first-order valence-corrected chi connectivity index (χ1v) is 6.62. The molecule has 2 aliphatic heterocycles. The molecule has 2 rings (SSSR count). The average Bonchev–Trinajstić information content (AvgIpc) is 2.75. The van der Waals surface area contributed by atoms with E-state index in [0.717, 1.165) is 19.4 Å². The van der Waals surface area contributed by atoms with E-state index in [9.17, 15) is 4.79 Å². The smallest absolute Gasteiger partial charge is 0.308 e. The minimum Gasteiger partial charge on any atom is -0.481 e. The number of carboxylic acids is 1. The van der Waals surface area contributed by atoms with Crippen LogP contribution in [0.3, 0.4) is 0 Å². The molecule has 3 heteroatoms. The molecule has 16 heavy (non-hydrogen) atoms. The van der Waals surface area contributed by atoms with Crippen LogP contribution in [0.4, 0.5) is 0 Å². The standard InChI is InChI=1S/C13H23NO2/c1-3-4-9(2)8-14-10-5-6-12(14)11(7-10)13(15)16/h9-12H,3-8H2,1-2H3,(H,15,16). The van der Waals surface area contributed by atoms with E-state index in [1.54, 1.807) is 0 Å². The Balaban J connectivity index is 1.94. The van der Waals surface area contributed by atoms with Gasteiger partial charge < -0.3 is 5.11 Å². The number of aliphatic carboxylic acids is 1. The van der Waals surface area contributed by atoms with Gasteiger partial charge >= 0.3 is 5.97 Å². The van der Waals surface area contributed by atoms with Crippen LogP contribution in [-0.2, 0) is 4.79 Å². The lowest BCUT2D eigenvalue weighted by Gasteiger charge is -2.26. The van der Waals surface area contributed by atoms with Crippen molar-refractivity contribution in [1.82, 2.24) is 4.90 Å². The predicted molar refractivity (Wildman–Crippen MR) is 63.3 cm³/mol. The molecule has 92 valence electrons. The zero-order valence-electron chi connectivity index (χ0n) is 10.4. The highest BCUT2D eigenvalue weighted by molar-refractivity contribution is 5.71. The summed E-state index contributed by atoms with van der Waals surface area (Å²) in [6.45, 7) is 5.61. The van der Waals surface area contributed by atoms with E-state index in [1.807, 2.05) is 0 Å². The maximum Gasteiger partial charge on any atom is 0.308 e. The van der Waals surface area contributed by atoms with E-state index in [1.165, 1.54) is 19.3 Å². The minimum absolute atomic E-state index is 0.0902. The summed E-state index contributed by atoms with van der Waals surface area (Å²) in [6.07, 6.45) is 5.69. The van der Waals surface area contributed by atoms with Crippen molar-refractivity contribution in [2.24, 2.45) is 11.8 Å². The Morgan fingerprint density at radius 2 is 2.25 bits per heavy atom. The van der Waals surface area contributed by atoms with Crippen molar-refractivity contribution >= 4 is 5.97 Å². The number of carbonyl (C=O) groups is 1. The third kappa shape index (κ3) is 2.10. The third-order valence-corrected chi connectivity index (χ3v) is 4.30. The first-order chi connectivity index (χ1) is 7.63. The van der Waals surface area contributed by atoms with Gasteiger partial charge in [0.25, 0.3) is 0 Å². The van der Waals surface area contributed by atoms with Crippen molar-refractivity contribution < 1.29 is 9.90 Å². The molecule has 0 saturated carbocycles. The SMILES string of the molecule is CCCC(C)CN1C2CCC1C(C(=O)O)C2. The van der Waals surface area contributed by atoms with Crippen LogP contribution < -0.4 is 0 Å². The molecule has 2 bridgehead atoms. The number of rotatable bonds is 5. The van der Waals surface area contributed by atoms with Crippen LogP contribution in [0.2, 0.25) is 0 Å². The Kier molecular flexibility index (Phi) is 3.53. The van der Waals surface area contributed by atoms with Gasteiger partial charge in [-0.05, 0) is 31.6 Å². The second-order valence-electron chi connectivity index (χ2n) is 5.57. The molecule has 0 amide bonds. The molecule has 2 aliphatic rings. The molecule has 0 aliphatic carbocycles. The van der Waals surface area contributed by atoms with E-state index in [2.05, 4.69) is 18.7 Å². The van der Waals surface area contributed by atoms with Gasteiger partial charge in [-0.15, -0.1) is 0 Å². The third-order valence-electron chi connectivity index (χ3n) is 4.30. The van der Waals surface area contributed by atoms with Crippen molar-refractivity contribution in [2.45, 2.75) is 58.0 Å². The zero-order valence-corrected chi connectivity index (χ0v) is 10.4. The summed E-state index contributed by atoms with van der Waals surface area (Å²) in [7, 11) is 0. The summed E-state index contributed by atoms with van der Waals surface area (Å²) in [4.78, 5) is 13.6. The maximum absolute atomic E-state index is 11.1. The number of fused-ring (bicyclic) bond motifs is 2. The molecule has 2 fully saturated rings. The fourth-order valence-electron chi connectivity index (χ4n) is 3.60. The van der Waals surface area contributed by atoms with Gasteiger partial charge in [-0.3, -0.25) is 9.69 Å². The Hall–Kier alpha value is -0.570. The molecule has 2 saturated heterocycles. The lowest BCUT2D eigenvalue weighted by Crippen LogP contribution is -2.35. The number of hydrogen-bond acceptors (Lipinski definition) is 2. The van der Waals surface area contributed by atoms with E-state index in [0.29, 0.717) is 18.0 Å². The second kappa shape index (κ2) is 4.74. The van der Waals surface area contributed by atoms with Gasteiger partial charge in [-0.25, -0.2) is 0 Å². The molecule has 3 nitrogen and oxygen atoms in total. The molecule has 0 aromatic rings. The van der Waals surface area contributed by atoms with Crippen LogP contribution in [0.25, 0.3) is 0 Å². The van der Waals surface area contributed by atoms with Gasteiger partial charge in [-0.1, -0.05) is 20.3 Å². The van der Waals surface area contributed by atoms with Gasteiger partial charge in [0, 0.05) is 18.6 Å². The van der Waals surface area contributed by atoms with Gasteiger partial charge in [0.15, 0.2) is 0 Å². The van der Waals surface area contributed by atoms with Crippen molar-refractivity contribution in [3.05, 3.63) is 0 Å². The normalized spacial score (nSPS) is 35.5. The maximum atomic E-state index is 11.1. The lowest BCUT2D eigenvalue weighted by atomic mass is 9.89. The summed E-state index contributed by atoms with van der Waals surface area (Å²) in [5, 5.41) is 9.16. The second-order valence-corrected chi connectivity index (χ2v) is 5.57. The van der Waals surface area contributed by atoms with Crippen LogP contribution in [0.5, 0.6) is 0 Å². The molecule has 4 unspecified atom stereocenters. The molecular weight excluding hydrogens is 202 g/mol. The summed E-state index contributed by atoms with van der Waals surface area (Å²) in [5.41, 5.74) is 0. The van der Waals surface area contributed by atoms with Crippen LogP contribution in [0.15, 0.2) is 0 Å². The van der Waals surface area contributed by atoms with Gasteiger partial charge in [-0.2, -0.15) is 0 Å². The fourth-order valence-corrected chi connectivity index (χ4v) is 3.60. The predicted octanol–water partition coefficient (Wildman–Crippen LogP) is 2.36. The van der Waals surface area contributed by atoms with E-state index in [-0.39, 0.29) is 5.92 Å².